The molecule has 0 heterocycles. The number of benzene rings is 9. The van der Waals surface area contributed by atoms with E-state index in [1.165, 1.54) is 33.0 Å². The first kappa shape index (κ1) is 36.2. The number of hydrogen-bond donors (Lipinski definition) is 1. The molecule has 9 aromatic carbocycles. The molecule has 278 valence electrons. The summed E-state index contributed by atoms with van der Waals surface area (Å²) in [4.78, 5) is 15.4. The average molecular weight is 747 g/mol. The first-order chi connectivity index (χ1) is 28.6. The number of rotatable bonds is 11. The van der Waals surface area contributed by atoms with Crippen LogP contribution in [0.4, 0.5) is 17.1 Å². The Hall–Kier alpha value is -7.49. The van der Waals surface area contributed by atoms with Crippen molar-refractivity contribution in [3.8, 4) is 33.4 Å². The van der Waals surface area contributed by atoms with Gasteiger partial charge in [0.25, 0.3) is 0 Å². The van der Waals surface area contributed by atoms with Gasteiger partial charge in [-0.25, -0.2) is 0 Å². The molecule has 0 saturated heterocycles. The molecule has 0 amide bonds. The zero-order chi connectivity index (χ0) is 39.4. The molecule has 0 spiro atoms. The largest absolute Gasteiger partial charge is 0.354 e. The summed E-state index contributed by atoms with van der Waals surface area (Å²) in [5, 5.41) is 8.27. The number of fused-ring (bicyclic) bond motifs is 2. The average Bonchev–Trinajstić information content (AvgIpc) is 3.28. The van der Waals surface area contributed by atoms with Crippen LogP contribution in [0.3, 0.4) is 0 Å². The van der Waals surface area contributed by atoms with Crippen molar-refractivity contribution in [1.82, 2.24) is 0 Å². The van der Waals surface area contributed by atoms with Crippen LogP contribution in [-0.2, 0) is 6.54 Å². The van der Waals surface area contributed by atoms with Gasteiger partial charge in [-0.3, -0.25) is 4.79 Å². The second-order valence-electron chi connectivity index (χ2n) is 14.7. The molecule has 0 atom stereocenters. The molecule has 9 rings (SSSR count). The highest BCUT2D eigenvalue weighted by molar-refractivity contribution is 6.21. The van der Waals surface area contributed by atoms with Crippen molar-refractivity contribution in [3.05, 3.63) is 229 Å². The van der Waals surface area contributed by atoms with E-state index in [1.807, 2.05) is 36.4 Å². The quantitative estimate of drug-likeness (QED) is 0.106. The fourth-order valence-corrected chi connectivity index (χ4v) is 8.30. The molecule has 0 unspecified atom stereocenters. The van der Waals surface area contributed by atoms with Gasteiger partial charge in [0.1, 0.15) is 6.29 Å². The van der Waals surface area contributed by atoms with E-state index in [1.54, 1.807) is 0 Å². The molecule has 1 N–H and O–H groups in total. The summed E-state index contributed by atoms with van der Waals surface area (Å²) in [5.74, 6) is 0. The Labute approximate surface area is 340 Å². The minimum Gasteiger partial charge on any atom is -0.354 e. The monoisotopic (exact) mass is 746 g/mol. The molecule has 0 aliphatic carbocycles. The third-order valence-corrected chi connectivity index (χ3v) is 11.1. The molecule has 0 aromatic heterocycles. The lowest BCUT2D eigenvalue weighted by Gasteiger charge is -2.31. The van der Waals surface area contributed by atoms with Gasteiger partial charge in [0.15, 0.2) is 0 Å². The van der Waals surface area contributed by atoms with Gasteiger partial charge in [-0.1, -0.05) is 176 Å². The minimum absolute atomic E-state index is 0.439. The predicted octanol–water partition coefficient (Wildman–Crippen LogP) is 14.5. The molecule has 0 aliphatic heterocycles. The van der Waals surface area contributed by atoms with Crippen molar-refractivity contribution in [2.24, 2.45) is 0 Å². The maximum absolute atomic E-state index is 13.2. The summed E-state index contributed by atoms with van der Waals surface area (Å²) in [6.07, 6.45) is 0.997. The number of aryl methyl sites for hydroxylation is 1. The van der Waals surface area contributed by atoms with Gasteiger partial charge in [-0.15, -0.1) is 0 Å². The van der Waals surface area contributed by atoms with E-state index in [9.17, 15) is 4.79 Å². The number of nitrogens with one attached hydrogen (secondary N) is 1. The van der Waals surface area contributed by atoms with Gasteiger partial charge < -0.3 is 10.2 Å². The number of nitrogens with zero attached hydrogens (tertiary/aromatic N) is 1. The Morgan fingerprint density at radius 2 is 1.05 bits per heavy atom. The van der Waals surface area contributed by atoms with E-state index in [0.29, 0.717) is 12.1 Å². The molecule has 3 nitrogen and oxygen atoms in total. The Balaban J connectivity index is 1.17. The van der Waals surface area contributed by atoms with E-state index >= 15 is 0 Å². The Morgan fingerprint density at radius 3 is 1.67 bits per heavy atom. The van der Waals surface area contributed by atoms with Crippen molar-refractivity contribution in [2.75, 3.05) is 10.2 Å². The summed E-state index contributed by atoms with van der Waals surface area (Å²) < 4.78 is 0. The summed E-state index contributed by atoms with van der Waals surface area (Å²) in [7, 11) is 0. The molecule has 3 heteroatoms. The molecular formula is C55H42N2O. The van der Waals surface area contributed by atoms with E-state index in [-0.39, 0.29) is 0 Å². The van der Waals surface area contributed by atoms with Gasteiger partial charge in [0.05, 0.1) is 11.4 Å². The predicted molar refractivity (Wildman–Crippen MR) is 246 cm³/mol. The highest BCUT2D eigenvalue weighted by Gasteiger charge is 2.22. The lowest BCUT2D eigenvalue weighted by Crippen LogP contribution is -2.23. The number of hydrogen-bond acceptors (Lipinski definition) is 3. The standard InChI is InChI=1S/C55H42N2O/c1-38-18-16-31-52(56-47-25-10-5-11-26-47)55(38)57(39(2)40-19-6-3-7-20-40)36-45-33-32-44(35-46(45)37-58)54-50-29-14-12-27-48(50)53(49-28-13-15-30-51(49)54)43-24-17-23-42(34-43)41-21-8-4-9-22-41/h3-35,37,56H,2,36H2,1H3. The van der Waals surface area contributed by atoms with E-state index in [2.05, 4.69) is 188 Å². The van der Waals surface area contributed by atoms with E-state index in [0.717, 1.165) is 67.6 Å². The smallest absolute Gasteiger partial charge is 0.150 e. The van der Waals surface area contributed by atoms with Crippen molar-refractivity contribution >= 4 is 50.6 Å². The van der Waals surface area contributed by atoms with Gasteiger partial charge in [0, 0.05) is 23.5 Å². The summed E-state index contributed by atoms with van der Waals surface area (Å²) in [6, 6.07) is 69.8. The van der Waals surface area contributed by atoms with Crippen molar-refractivity contribution in [1.29, 1.82) is 0 Å². The number of carbonyl (C=O) groups is 1. The third kappa shape index (κ3) is 6.95. The first-order valence-corrected chi connectivity index (χ1v) is 19.7. The maximum atomic E-state index is 13.2. The molecule has 0 saturated carbocycles. The van der Waals surface area contributed by atoms with Crippen LogP contribution < -0.4 is 10.2 Å². The van der Waals surface area contributed by atoms with Gasteiger partial charge in [-0.05, 0) is 109 Å². The fraction of sp³-hybridized carbons (Fsp3) is 0.0364. The normalized spacial score (nSPS) is 11.1. The Bertz CT molecular complexity index is 2880. The van der Waals surface area contributed by atoms with Crippen molar-refractivity contribution in [2.45, 2.75) is 13.5 Å². The summed E-state index contributed by atoms with van der Waals surface area (Å²) in [5.41, 5.74) is 14.3. The zero-order valence-electron chi connectivity index (χ0n) is 32.4. The van der Waals surface area contributed by atoms with Crippen molar-refractivity contribution in [3.63, 3.8) is 0 Å². The maximum Gasteiger partial charge on any atom is 0.150 e. The summed E-state index contributed by atoms with van der Waals surface area (Å²) >= 11 is 0. The topological polar surface area (TPSA) is 32.3 Å². The fourth-order valence-electron chi connectivity index (χ4n) is 8.30. The first-order valence-electron chi connectivity index (χ1n) is 19.7. The van der Waals surface area contributed by atoms with Crippen LogP contribution in [0.1, 0.15) is 27.0 Å². The van der Waals surface area contributed by atoms with Gasteiger partial charge in [-0.2, -0.15) is 0 Å². The van der Waals surface area contributed by atoms with Crippen LogP contribution in [0.25, 0.3) is 60.6 Å². The van der Waals surface area contributed by atoms with Crippen LogP contribution >= 0.6 is 0 Å². The van der Waals surface area contributed by atoms with Crippen molar-refractivity contribution < 1.29 is 4.79 Å². The number of anilines is 3. The SMILES string of the molecule is C=C(c1ccccc1)N(Cc1ccc(-c2c3ccccc3c(-c3cccc(-c4ccccc4)c3)c3ccccc23)cc1C=O)c1c(C)cccc1Nc1ccccc1. The molecule has 9 aromatic rings. The Kier molecular flexibility index (Phi) is 9.94. The minimum atomic E-state index is 0.439. The number of carbonyl (C=O) groups excluding carboxylic acids is 1. The van der Waals surface area contributed by atoms with E-state index in [4.69, 9.17) is 0 Å². The van der Waals surface area contributed by atoms with Crippen LogP contribution in [0.5, 0.6) is 0 Å². The molecule has 0 bridgehead atoms. The van der Waals surface area contributed by atoms with Gasteiger partial charge in [0.2, 0.25) is 0 Å². The molecule has 58 heavy (non-hydrogen) atoms. The molecule has 0 radical (unpaired) electrons. The van der Waals surface area contributed by atoms with Crippen LogP contribution in [-0.4, -0.2) is 6.29 Å². The van der Waals surface area contributed by atoms with Crippen LogP contribution in [0.2, 0.25) is 0 Å². The molecular weight excluding hydrogens is 705 g/mol. The number of para-hydroxylation sites is 2. The molecule has 0 fully saturated rings. The van der Waals surface area contributed by atoms with E-state index < -0.39 is 0 Å². The summed E-state index contributed by atoms with van der Waals surface area (Å²) in [6.45, 7) is 7.20. The van der Waals surface area contributed by atoms with Gasteiger partial charge >= 0.3 is 0 Å². The Morgan fingerprint density at radius 1 is 0.534 bits per heavy atom. The zero-order valence-corrected chi connectivity index (χ0v) is 32.4. The molecule has 0 aliphatic rings. The highest BCUT2D eigenvalue weighted by atomic mass is 16.1. The second-order valence-corrected chi connectivity index (χ2v) is 14.7. The third-order valence-electron chi connectivity index (χ3n) is 11.1. The highest BCUT2D eigenvalue weighted by Crippen LogP contribution is 2.45. The lowest BCUT2D eigenvalue weighted by molar-refractivity contribution is 0.112. The lowest BCUT2D eigenvalue weighted by atomic mass is 9.85. The van der Waals surface area contributed by atoms with Crippen LogP contribution in [0.15, 0.2) is 207 Å². The van der Waals surface area contributed by atoms with Crippen LogP contribution in [0, 0.1) is 6.92 Å². The second kappa shape index (κ2) is 15.9. The number of aldehydes is 1.